The molecule has 34 heavy (non-hydrogen) atoms. The second kappa shape index (κ2) is 10.9. The molecular weight excluding hydrogens is 467 g/mol. The van der Waals surface area contributed by atoms with Crippen molar-refractivity contribution in [1.82, 2.24) is 14.5 Å². The minimum Gasteiger partial charge on any atom is -0.354 e. The van der Waals surface area contributed by atoms with Gasteiger partial charge in [0.15, 0.2) is 0 Å². The normalized spacial score (nSPS) is 17.0. The summed E-state index contributed by atoms with van der Waals surface area (Å²) in [5.74, 6) is -0.469. The largest absolute Gasteiger partial charge is 0.416 e. The van der Waals surface area contributed by atoms with Crippen LogP contribution in [0.5, 0.6) is 0 Å². The number of benzene rings is 2. The molecule has 1 fully saturated rings. The Morgan fingerprint density at radius 1 is 1.09 bits per heavy atom. The van der Waals surface area contributed by atoms with Gasteiger partial charge in [-0.15, -0.1) is 0 Å². The van der Waals surface area contributed by atoms with Crippen LogP contribution in [-0.4, -0.2) is 63.3 Å². The van der Waals surface area contributed by atoms with Crippen molar-refractivity contribution in [2.75, 3.05) is 33.7 Å². The number of rotatable bonds is 8. The summed E-state index contributed by atoms with van der Waals surface area (Å²) < 4.78 is 65.8. The predicted octanol–water partition coefficient (Wildman–Crippen LogP) is 3.40. The molecule has 1 N–H and O–H groups in total. The summed E-state index contributed by atoms with van der Waals surface area (Å²) in [6.07, 6.45) is -3.21. The van der Waals surface area contributed by atoms with Crippen LogP contribution < -0.4 is 5.32 Å². The van der Waals surface area contributed by atoms with Crippen molar-refractivity contribution >= 4 is 15.9 Å². The van der Waals surface area contributed by atoms with Crippen LogP contribution in [0, 0.1) is 5.92 Å². The van der Waals surface area contributed by atoms with E-state index in [0.29, 0.717) is 25.5 Å². The van der Waals surface area contributed by atoms with Crippen molar-refractivity contribution in [3.8, 4) is 0 Å². The highest BCUT2D eigenvalue weighted by molar-refractivity contribution is 7.89. The highest BCUT2D eigenvalue weighted by atomic mass is 32.2. The van der Waals surface area contributed by atoms with Crippen molar-refractivity contribution in [1.29, 1.82) is 0 Å². The molecule has 0 aromatic heterocycles. The van der Waals surface area contributed by atoms with Crippen molar-refractivity contribution in [3.05, 3.63) is 65.7 Å². The van der Waals surface area contributed by atoms with E-state index in [-0.39, 0.29) is 35.9 Å². The van der Waals surface area contributed by atoms with Crippen molar-refractivity contribution in [2.45, 2.75) is 36.4 Å². The molecule has 0 aliphatic carbocycles. The summed E-state index contributed by atoms with van der Waals surface area (Å²) in [7, 11) is -0.160. The van der Waals surface area contributed by atoms with Gasteiger partial charge in [-0.2, -0.15) is 17.5 Å². The molecule has 1 heterocycles. The third-order valence-electron chi connectivity index (χ3n) is 6.18. The zero-order chi connectivity index (χ0) is 24.9. The van der Waals surface area contributed by atoms with E-state index in [1.807, 2.05) is 44.4 Å². The number of nitrogens with zero attached hydrogens (tertiary/aromatic N) is 2. The number of amides is 1. The molecule has 1 atom stereocenters. The summed E-state index contributed by atoms with van der Waals surface area (Å²) in [6.45, 7) is 0.624. The van der Waals surface area contributed by atoms with E-state index in [2.05, 4.69) is 10.2 Å². The second-order valence-corrected chi connectivity index (χ2v) is 10.7. The Bertz CT molecular complexity index is 1070. The number of carbonyl (C=O) groups is 1. The first-order valence-corrected chi connectivity index (χ1v) is 12.6. The van der Waals surface area contributed by atoms with Gasteiger partial charge in [0.2, 0.25) is 15.9 Å². The lowest BCUT2D eigenvalue weighted by molar-refractivity contribution is -0.137. The molecule has 0 saturated carbocycles. The topological polar surface area (TPSA) is 69.7 Å². The first-order valence-electron chi connectivity index (χ1n) is 11.1. The molecule has 186 valence electrons. The number of piperidine rings is 1. The molecule has 10 heteroatoms. The van der Waals surface area contributed by atoms with Gasteiger partial charge in [0.1, 0.15) is 0 Å². The molecular formula is C24H30F3N3O3S. The maximum Gasteiger partial charge on any atom is 0.416 e. The zero-order valence-corrected chi connectivity index (χ0v) is 20.1. The SMILES string of the molecule is CN(C)C(CNC(=O)C1CCN(S(=O)(=O)c2cccc(C(F)(F)F)c2)CC1)Cc1ccccc1. The van der Waals surface area contributed by atoms with Crippen molar-refractivity contribution in [2.24, 2.45) is 5.92 Å². The minimum atomic E-state index is -4.62. The van der Waals surface area contributed by atoms with E-state index in [1.165, 1.54) is 5.56 Å². The fourth-order valence-electron chi connectivity index (χ4n) is 4.03. The van der Waals surface area contributed by atoms with Crippen LogP contribution in [0.4, 0.5) is 13.2 Å². The van der Waals surface area contributed by atoms with Gasteiger partial charge in [-0.25, -0.2) is 8.42 Å². The first kappa shape index (κ1) is 26.2. The van der Waals surface area contributed by atoms with Crippen molar-refractivity contribution < 1.29 is 26.4 Å². The predicted molar refractivity (Wildman–Crippen MR) is 124 cm³/mol. The third kappa shape index (κ3) is 6.58. The first-order chi connectivity index (χ1) is 16.0. The highest BCUT2D eigenvalue weighted by Crippen LogP contribution is 2.32. The average Bonchev–Trinajstić information content (AvgIpc) is 2.81. The van der Waals surface area contributed by atoms with Gasteiger partial charge in [-0.3, -0.25) is 4.79 Å². The molecule has 2 aromatic rings. The lowest BCUT2D eigenvalue weighted by Gasteiger charge is -2.31. The van der Waals surface area contributed by atoms with Gasteiger partial charge in [-0.1, -0.05) is 36.4 Å². The molecule has 3 rings (SSSR count). The Hall–Kier alpha value is -2.43. The number of alkyl halides is 3. The number of sulfonamides is 1. The van der Waals surface area contributed by atoms with E-state index in [9.17, 15) is 26.4 Å². The summed E-state index contributed by atoms with van der Waals surface area (Å²) in [5, 5.41) is 2.99. The van der Waals surface area contributed by atoms with Gasteiger partial charge >= 0.3 is 6.18 Å². The number of halogens is 3. The van der Waals surface area contributed by atoms with E-state index in [1.54, 1.807) is 0 Å². The standard InChI is InChI=1S/C24H30F3N3O3S/c1-29(2)21(15-18-7-4-3-5-8-18)17-28-23(31)19-11-13-30(14-12-19)34(32,33)22-10-6-9-20(16-22)24(25,26)27/h3-10,16,19,21H,11-15,17H2,1-2H3,(H,28,31). The van der Waals surface area contributed by atoms with Crippen LogP contribution in [0.2, 0.25) is 0 Å². The van der Waals surface area contributed by atoms with Crippen LogP contribution in [0.25, 0.3) is 0 Å². The quantitative estimate of drug-likeness (QED) is 0.607. The molecule has 0 bridgehead atoms. The summed E-state index contributed by atoms with van der Waals surface area (Å²) in [4.78, 5) is 14.4. The molecule has 1 unspecified atom stereocenters. The van der Waals surface area contributed by atoms with E-state index in [0.717, 1.165) is 28.9 Å². The number of carbonyl (C=O) groups excluding carboxylic acids is 1. The van der Waals surface area contributed by atoms with Crippen LogP contribution >= 0.6 is 0 Å². The van der Waals surface area contributed by atoms with Crippen molar-refractivity contribution in [3.63, 3.8) is 0 Å². The van der Waals surface area contributed by atoms with Gasteiger partial charge in [0.25, 0.3) is 0 Å². The van der Waals surface area contributed by atoms with Crippen LogP contribution in [-0.2, 0) is 27.4 Å². The minimum absolute atomic E-state index is 0.0811. The monoisotopic (exact) mass is 497 g/mol. The molecule has 2 aromatic carbocycles. The number of hydrogen-bond donors (Lipinski definition) is 1. The van der Waals surface area contributed by atoms with E-state index < -0.39 is 21.8 Å². The Balaban J connectivity index is 1.56. The van der Waals surface area contributed by atoms with E-state index >= 15 is 0 Å². The van der Waals surface area contributed by atoms with Gasteiger partial charge in [-0.05, 0) is 57.1 Å². The zero-order valence-electron chi connectivity index (χ0n) is 19.3. The number of likely N-dealkylation sites (N-methyl/N-ethyl adjacent to an activating group) is 1. The smallest absolute Gasteiger partial charge is 0.354 e. The average molecular weight is 498 g/mol. The molecule has 0 radical (unpaired) electrons. The maximum absolute atomic E-state index is 13.0. The second-order valence-electron chi connectivity index (χ2n) is 8.76. The molecule has 1 saturated heterocycles. The van der Waals surface area contributed by atoms with Gasteiger partial charge in [0, 0.05) is 31.6 Å². The van der Waals surface area contributed by atoms with Crippen LogP contribution in [0.15, 0.2) is 59.5 Å². The lowest BCUT2D eigenvalue weighted by atomic mass is 9.97. The Kier molecular flexibility index (Phi) is 8.38. The summed E-state index contributed by atoms with van der Waals surface area (Å²) in [6, 6.07) is 13.8. The summed E-state index contributed by atoms with van der Waals surface area (Å²) >= 11 is 0. The third-order valence-corrected chi connectivity index (χ3v) is 8.07. The Labute approximate surface area is 198 Å². The molecule has 0 spiro atoms. The fraction of sp³-hybridized carbons (Fsp3) is 0.458. The van der Waals surface area contributed by atoms with Crippen LogP contribution in [0.3, 0.4) is 0 Å². The molecule has 6 nitrogen and oxygen atoms in total. The Morgan fingerprint density at radius 2 is 1.74 bits per heavy atom. The summed E-state index contributed by atoms with van der Waals surface area (Å²) in [5.41, 5.74) is 0.164. The van der Waals surface area contributed by atoms with Gasteiger partial charge in [0.05, 0.1) is 10.5 Å². The Morgan fingerprint density at radius 3 is 2.32 bits per heavy atom. The van der Waals surface area contributed by atoms with E-state index in [4.69, 9.17) is 0 Å². The molecule has 1 aliphatic heterocycles. The van der Waals surface area contributed by atoms with Crippen LogP contribution in [0.1, 0.15) is 24.0 Å². The molecule has 1 aliphatic rings. The van der Waals surface area contributed by atoms with Gasteiger partial charge < -0.3 is 10.2 Å². The number of nitrogens with one attached hydrogen (secondary N) is 1. The highest BCUT2D eigenvalue weighted by Gasteiger charge is 2.35. The lowest BCUT2D eigenvalue weighted by Crippen LogP contribution is -2.46. The fourth-order valence-corrected chi connectivity index (χ4v) is 5.54. The number of hydrogen-bond acceptors (Lipinski definition) is 4. The molecule has 1 amide bonds. The maximum atomic E-state index is 13.0.